The van der Waals surface area contributed by atoms with Gasteiger partial charge in [0.05, 0.1) is 0 Å². The molecular formula is C15H16N2O2. The van der Waals surface area contributed by atoms with E-state index in [1.54, 1.807) is 37.5 Å². The molecule has 4 nitrogen and oxygen atoms in total. The number of hydrogen-bond acceptors (Lipinski definition) is 3. The number of anilines is 1. The lowest BCUT2D eigenvalue weighted by Gasteiger charge is -2.09. The molecule has 0 aliphatic rings. The highest BCUT2D eigenvalue weighted by Crippen LogP contribution is 2.23. The molecule has 1 aromatic heterocycles. The van der Waals surface area contributed by atoms with Gasteiger partial charge in [-0.25, -0.2) is 0 Å². The van der Waals surface area contributed by atoms with E-state index < -0.39 is 0 Å². The van der Waals surface area contributed by atoms with Gasteiger partial charge in [0.25, 0.3) is 0 Å². The number of hydrogen-bond donors (Lipinski definition) is 2. The number of amides is 1. The van der Waals surface area contributed by atoms with E-state index in [9.17, 15) is 9.90 Å². The van der Waals surface area contributed by atoms with Crippen LogP contribution in [0, 0.1) is 6.92 Å². The van der Waals surface area contributed by atoms with Gasteiger partial charge >= 0.3 is 0 Å². The number of phenolic OH excluding ortho intramolecular Hbond substituents is 1. The number of aromatic hydroxyl groups is 1. The Kier molecular flexibility index (Phi) is 4.13. The molecule has 1 amide bonds. The standard InChI is InChI=1S/C15H16N2O2/c1-11-13(3-2-4-14(11)18)17-15(19)6-5-12-7-9-16-10-8-12/h2-4,7-10,18H,5-6H2,1H3,(H,17,19). The molecule has 0 radical (unpaired) electrons. The number of aryl methyl sites for hydroxylation is 1. The van der Waals surface area contributed by atoms with Gasteiger partial charge < -0.3 is 10.4 Å². The molecule has 4 heteroatoms. The molecule has 0 atom stereocenters. The van der Waals surface area contributed by atoms with E-state index in [1.807, 2.05) is 12.1 Å². The van der Waals surface area contributed by atoms with Gasteiger partial charge in [-0.1, -0.05) is 6.07 Å². The summed E-state index contributed by atoms with van der Waals surface area (Å²) in [6.07, 6.45) is 4.50. The molecule has 0 aliphatic carbocycles. The summed E-state index contributed by atoms with van der Waals surface area (Å²) in [4.78, 5) is 15.8. The predicted octanol–water partition coefficient (Wildman–Crippen LogP) is 2.67. The molecule has 0 spiro atoms. The lowest BCUT2D eigenvalue weighted by molar-refractivity contribution is -0.116. The minimum atomic E-state index is -0.0643. The molecule has 0 saturated carbocycles. The third-order valence-electron chi connectivity index (χ3n) is 2.97. The van der Waals surface area contributed by atoms with Crippen molar-refractivity contribution in [2.24, 2.45) is 0 Å². The molecule has 2 rings (SSSR count). The summed E-state index contributed by atoms with van der Waals surface area (Å²) >= 11 is 0. The highest BCUT2D eigenvalue weighted by Gasteiger charge is 2.07. The van der Waals surface area contributed by atoms with E-state index in [2.05, 4.69) is 10.3 Å². The maximum Gasteiger partial charge on any atom is 0.224 e. The van der Waals surface area contributed by atoms with Gasteiger partial charge in [-0.15, -0.1) is 0 Å². The number of rotatable bonds is 4. The third-order valence-corrected chi connectivity index (χ3v) is 2.97. The molecule has 2 aromatic rings. The van der Waals surface area contributed by atoms with Gasteiger partial charge in [0.15, 0.2) is 0 Å². The summed E-state index contributed by atoms with van der Waals surface area (Å²) < 4.78 is 0. The van der Waals surface area contributed by atoms with E-state index in [0.29, 0.717) is 24.1 Å². The van der Waals surface area contributed by atoms with Crippen LogP contribution < -0.4 is 5.32 Å². The quantitative estimate of drug-likeness (QED) is 0.884. The Morgan fingerprint density at radius 2 is 2.00 bits per heavy atom. The highest BCUT2D eigenvalue weighted by atomic mass is 16.3. The Morgan fingerprint density at radius 3 is 2.74 bits per heavy atom. The fraction of sp³-hybridized carbons (Fsp3) is 0.200. The first-order valence-corrected chi connectivity index (χ1v) is 6.14. The third kappa shape index (κ3) is 3.55. The largest absolute Gasteiger partial charge is 0.508 e. The summed E-state index contributed by atoms with van der Waals surface area (Å²) in [6.45, 7) is 1.77. The van der Waals surface area contributed by atoms with Crippen molar-refractivity contribution in [2.75, 3.05) is 5.32 Å². The highest BCUT2D eigenvalue weighted by molar-refractivity contribution is 5.91. The second-order valence-corrected chi connectivity index (χ2v) is 4.35. The Hall–Kier alpha value is -2.36. The molecule has 0 fully saturated rings. The number of carbonyl (C=O) groups is 1. The summed E-state index contributed by atoms with van der Waals surface area (Å²) in [5.41, 5.74) is 2.41. The average molecular weight is 256 g/mol. The first kappa shape index (κ1) is 13.1. The Balaban J connectivity index is 1.93. The molecule has 98 valence electrons. The number of nitrogens with zero attached hydrogens (tertiary/aromatic N) is 1. The molecule has 19 heavy (non-hydrogen) atoms. The maximum absolute atomic E-state index is 11.8. The summed E-state index contributed by atoms with van der Waals surface area (Å²) in [5.74, 6) is 0.123. The van der Waals surface area contributed by atoms with Gasteiger partial charge in [0.1, 0.15) is 5.75 Å². The monoisotopic (exact) mass is 256 g/mol. The van der Waals surface area contributed by atoms with Crippen LogP contribution in [0.25, 0.3) is 0 Å². The van der Waals surface area contributed by atoms with Crippen molar-refractivity contribution in [1.82, 2.24) is 4.98 Å². The first-order valence-electron chi connectivity index (χ1n) is 6.14. The normalized spacial score (nSPS) is 10.2. The number of aromatic nitrogens is 1. The molecule has 1 aromatic carbocycles. The molecular weight excluding hydrogens is 240 g/mol. The van der Waals surface area contributed by atoms with Crippen LogP contribution >= 0.6 is 0 Å². The topological polar surface area (TPSA) is 62.2 Å². The van der Waals surface area contributed by atoms with E-state index in [1.165, 1.54) is 0 Å². The predicted molar refractivity (Wildman–Crippen MR) is 74.0 cm³/mol. The Labute approximate surface area is 112 Å². The van der Waals surface area contributed by atoms with E-state index in [0.717, 1.165) is 5.56 Å². The van der Waals surface area contributed by atoms with Crippen LogP contribution in [-0.4, -0.2) is 16.0 Å². The number of phenols is 1. The SMILES string of the molecule is Cc1c(O)cccc1NC(=O)CCc1ccncc1. The molecule has 0 unspecified atom stereocenters. The van der Waals surface area contributed by atoms with Crippen molar-refractivity contribution < 1.29 is 9.90 Å². The van der Waals surface area contributed by atoms with Gasteiger partial charge in [-0.05, 0) is 43.2 Å². The van der Waals surface area contributed by atoms with Crippen LogP contribution in [0.3, 0.4) is 0 Å². The lowest BCUT2D eigenvalue weighted by atomic mass is 10.1. The molecule has 0 aliphatic heterocycles. The lowest BCUT2D eigenvalue weighted by Crippen LogP contribution is -2.13. The zero-order valence-corrected chi connectivity index (χ0v) is 10.8. The van der Waals surface area contributed by atoms with Crippen LogP contribution in [0.15, 0.2) is 42.7 Å². The van der Waals surface area contributed by atoms with Crippen LogP contribution in [0.2, 0.25) is 0 Å². The van der Waals surface area contributed by atoms with Crippen LogP contribution in [0.5, 0.6) is 5.75 Å². The van der Waals surface area contributed by atoms with Crippen molar-refractivity contribution in [3.05, 3.63) is 53.9 Å². The number of benzene rings is 1. The zero-order valence-electron chi connectivity index (χ0n) is 10.8. The van der Waals surface area contributed by atoms with Crippen molar-refractivity contribution >= 4 is 11.6 Å². The first-order chi connectivity index (χ1) is 9.16. The molecule has 1 heterocycles. The second-order valence-electron chi connectivity index (χ2n) is 4.35. The van der Waals surface area contributed by atoms with Crippen molar-refractivity contribution in [3.63, 3.8) is 0 Å². The van der Waals surface area contributed by atoms with Crippen LogP contribution in [0.1, 0.15) is 17.5 Å². The summed E-state index contributed by atoms with van der Waals surface area (Å²) in [6, 6.07) is 8.88. The molecule has 0 bridgehead atoms. The summed E-state index contributed by atoms with van der Waals surface area (Å²) in [7, 11) is 0. The fourth-order valence-corrected chi connectivity index (χ4v) is 1.78. The van der Waals surface area contributed by atoms with E-state index in [-0.39, 0.29) is 11.7 Å². The van der Waals surface area contributed by atoms with Crippen LogP contribution in [-0.2, 0) is 11.2 Å². The van der Waals surface area contributed by atoms with Crippen molar-refractivity contribution in [3.8, 4) is 5.75 Å². The smallest absolute Gasteiger partial charge is 0.224 e. The Bertz CT molecular complexity index is 568. The maximum atomic E-state index is 11.8. The van der Waals surface area contributed by atoms with Gasteiger partial charge in [0.2, 0.25) is 5.91 Å². The van der Waals surface area contributed by atoms with Gasteiger partial charge in [-0.3, -0.25) is 9.78 Å². The number of carbonyl (C=O) groups excluding carboxylic acids is 1. The van der Waals surface area contributed by atoms with E-state index in [4.69, 9.17) is 0 Å². The number of nitrogens with one attached hydrogen (secondary N) is 1. The number of pyridine rings is 1. The Morgan fingerprint density at radius 1 is 1.26 bits per heavy atom. The van der Waals surface area contributed by atoms with Crippen molar-refractivity contribution in [1.29, 1.82) is 0 Å². The minimum Gasteiger partial charge on any atom is -0.508 e. The van der Waals surface area contributed by atoms with Gasteiger partial charge in [-0.2, -0.15) is 0 Å². The molecule has 0 saturated heterocycles. The fourth-order valence-electron chi connectivity index (χ4n) is 1.78. The van der Waals surface area contributed by atoms with Gasteiger partial charge in [0, 0.05) is 30.1 Å². The average Bonchev–Trinajstić information content (AvgIpc) is 2.43. The van der Waals surface area contributed by atoms with Crippen molar-refractivity contribution in [2.45, 2.75) is 19.8 Å². The summed E-state index contributed by atoms with van der Waals surface area (Å²) in [5, 5.41) is 12.4. The van der Waals surface area contributed by atoms with E-state index >= 15 is 0 Å². The van der Waals surface area contributed by atoms with Crippen LogP contribution in [0.4, 0.5) is 5.69 Å². The second kappa shape index (κ2) is 6.00. The zero-order chi connectivity index (χ0) is 13.7. The molecule has 2 N–H and O–H groups in total. The minimum absolute atomic E-state index is 0.0643.